The molecule has 0 aliphatic carbocycles. The molecular weight excluding hydrogens is 498 g/mol. The summed E-state index contributed by atoms with van der Waals surface area (Å²) < 4.78 is 45.6. The number of ether oxygens (including phenoxy) is 1. The molecule has 160 valence electrons. The number of nitrogens with zero attached hydrogens (tertiary/aromatic N) is 3. The highest BCUT2D eigenvalue weighted by atomic mass is 127. The zero-order chi connectivity index (χ0) is 20.0. The molecular formula is C18H30FIN4O3S. The maximum Gasteiger partial charge on any atom is 0.216 e. The lowest BCUT2D eigenvalue weighted by molar-refractivity contribution is -0.0440. The van der Waals surface area contributed by atoms with Crippen molar-refractivity contribution in [3.63, 3.8) is 0 Å². The minimum atomic E-state index is -3.38. The van der Waals surface area contributed by atoms with Gasteiger partial charge in [0.15, 0.2) is 5.96 Å². The smallest absolute Gasteiger partial charge is 0.216 e. The molecule has 28 heavy (non-hydrogen) atoms. The van der Waals surface area contributed by atoms with Crippen molar-refractivity contribution in [1.82, 2.24) is 14.5 Å². The van der Waals surface area contributed by atoms with Gasteiger partial charge in [-0.25, -0.2) is 12.8 Å². The van der Waals surface area contributed by atoms with Crippen LogP contribution in [0.4, 0.5) is 4.39 Å². The Morgan fingerprint density at radius 2 is 2.00 bits per heavy atom. The van der Waals surface area contributed by atoms with Crippen molar-refractivity contribution in [2.75, 3.05) is 39.5 Å². The van der Waals surface area contributed by atoms with E-state index in [2.05, 4.69) is 10.3 Å². The summed E-state index contributed by atoms with van der Waals surface area (Å²) in [7, 11) is 0.0732. The van der Waals surface area contributed by atoms with Crippen molar-refractivity contribution in [1.29, 1.82) is 0 Å². The number of rotatable bonds is 6. The molecule has 1 aliphatic heterocycles. The van der Waals surface area contributed by atoms with Gasteiger partial charge in [0, 0.05) is 40.3 Å². The van der Waals surface area contributed by atoms with E-state index in [1.165, 1.54) is 16.4 Å². The highest BCUT2D eigenvalue weighted by molar-refractivity contribution is 14.0. The fraction of sp³-hybridized carbons (Fsp3) is 0.611. The second-order valence-electron chi connectivity index (χ2n) is 6.85. The topological polar surface area (TPSA) is 74.2 Å². The first-order valence-electron chi connectivity index (χ1n) is 9.00. The monoisotopic (exact) mass is 528 g/mol. The first kappa shape index (κ1) is 25.1. The van der Waals surface area contributed by atoms with E-state index in [0.29, 0.717) is 25.6 Å². The van der Waals surface area contributed by atoms with Gasteiger partial charge in [-0.05, 0) is 31.5 Å². The summed E-state index contributed by atoms with van der Waals surface area (Å²) in [5.41, 5.74) is 0.810. The summed E-state index contributed by atoms with van der Waals surface area (Å²) >= 11 is 0. The average Bonchev–Trinajstić information content (AvgIpc) is 2.57. The normalized spacial score (nSPS) is 21.1. The van der Waals surface area contributed by atoms with Gasteiger partial charge >= 0.3 is 0 Å². The molecule has 1 aromatic rings. The first-order chi connectivity index (χ1) is 12.7. The van der Waals surface area contributed by atoms with Gasteiger partial charge in [-0.2, -0.15) is 4.31 Å². The number of halogens is 2. The van der Waals surface area contributed by atoms with E-state index >= 15 is 0 Å². The van der Waals surface area contributed by atoms with Crippen LogP contribution in [0.1, 0.15) is 19.4 Å². The van der Waals surface area contributed by atoms with Crippen LogP contribution >= 0.6 is 24.0 Å². The van der Waals surface area contributed by atoms with Gasteiger partial charge in [-0.1, -0.05) is 12.1 Å². The molecule has 0 amide bonds. The number of sulfonamides is 1. The molecule has 1 N–H and O–H groups in total. The molecule has 1 heterocycles. The van der Waals surface area contributed by atoms with Gasteiger partial charge < -0.3 is 15.0 Å². The minimum absolute atomic E-state index is 0. The second kappa shape index (κ2) is 11.3. The zero-order valence-corrected chi connectivity index (χ0v) is 19.9. The highest BCUT2D eigenvalue weighted by Gasteiger charge is 2.30. The molecule has 1 fully saturated rings. The Morgan fingerprint density at radius 3 is 2.57 bits per heavy atom. The summed E-state index contributed by atoms with van der Waals surface area (Å²) in [5, 5.41) is 3.07. The van der Waals surface area contributed by atoms with Crippen molar-refractivity contribution in [3.8, 4) is 0 Å². The van der Waals surface area contributed by atoms with E-state index in [-0.39, 0.29) is 54.3 Å². The van der Waals surface area contributed by atoms with Gasteiger partial charge in [-0.3, -0.25) is 4.99 Å². The van der Waals surface area contributed by atoms with Gasteiger partial charge in [-0.15, -0.1) is 24.0 Å². The SMILES string of the molecule is CN=C(NCCS(=O)(=O)N1CC(C)OC(C)C1)N(C)Cc1cccc(F)c1.I. The predicted molar refractivity (Wildman–Crippen MR) is 120 cm³/mol. The molecule has 0 saturated carbocycles. The van der Waals surface area contributed by atoms with E-state index < -0.39 is 10.0 Å². The molecule has 7 nitrogen and oxygen atoms in total. The molecule has 0 aromatic heterocycles. The highest BCUT2D eigenvalue weighted by Crippen LogP contribution is 2.14. The Balaban J connectivity index is 0.00000392. The Hall–Kier alpha value is -0.980. The average molecular weight is 528 g/mol. The van der Waals surface area contributed by atoms with Crippen LogP contribution < -0.4 is 5.32 Å². The maximum absolute atomic E-state index is 13.3. The van der Waals surface area contributed by atoms with E-state index in [1.807, 2.05) is 31.9 Å². The van der Waals surface area contributed by atoms with Crippen molar-refractivity contribution >= 4 is 40.0 Å². The third-order valence-corrected chi connectivity index (χ3v) is 6.11. The molecule has 10 heteroatoms. The lowest BCUT2D eigenvalue weighted by atomic mass is 10.2. The van der Waals surface area contributed by atoms with Gasteiger partial charge in [0.05, 0.1) is 18.0 Å². The third kappa shape index (κ3) is 7.45. The number of morpholine rings is 1. The van der Waals surface area contributed by atoms with E-state index in [1.54, 1.807) is 13.1 Å². The molecule has 0 bridgehead atoms. The number of nitrogens with one attached hydrogen (secondary N) is 1. The first-order valence-corrected chi connectivity index (χ1v) is 10.6. The molecule has 2 unspecified atom stereocenters. The lowest BCUT2D eigenvalue weighted by Gasteiger charge is -2.34. The number of guanidine groups is 1. The number of aliphatic imine (C=N–C) groups is 1. The van der Waals surface area contributed by atoms with Crippen LogP contribution in [0.3, 0.4) is 0 Å². The molecule has 2 rings (SSSR count). The van der Waals surface area contributed by atoms with Crippen molar-refractivity contribution < 1.29 is 17.5 Å². The molecule has 1 aliphatic rings. The third-order valence-electron chi connectivity index (χ3n) is 4.30. The molecule has 0 radical (unpaired) electrons. The van der Waals surface area contributed by atoms with Crippen molar-refractivity contribution in [2.24, 2.45) is 4.99 Å². The van der Waals surface area contributed by atoms with Crippen molar-refractivity contribution in [2.45, 2.75) is 32.6 Å². The fourth-order valence-corrected chi connectivity index (χ4v) is 4.64. The van der Waals surface area contributed by atoms with Crippen molar-refractivity contribution in [3.05, 3.63) is 35.6 Å². The second-order valence-corrected chi connectivity index (χ2v) is 8.94. The Labute approximate surface area is 184 Å². The Bertz CT molecular complexity index is 753. The summed E-state index contributed by atoms with van der Waals surface area (Å²) in [4.78, 5) is 5.99. The summed E-state index contributed by atoms with van der Waals surface area (Å²) in [6, 6.07) is 6.35. The van der Waals surface area contributed by atoms with E-state index in [4.69, 9.17) is 4.74 Å². The number of hydrogen-bond donors (Lipinski definition) is 1. The standard InChI is InChI=1S/C18H29FN4O3S.HI/c1-14-11-23(12-15(2)26-14)27(24,25)9-8-21-18(20-3)22(4)13-16-6-5-7-17(19)10-16;/h5-7,10,14-15H,8-9,11-13H2,1-4H3,(H,20,21);1H. The Kier molecular flexibility index (Phi) is 10.1. The summed E-state index contributed by atoms with van der Waals surface area (Å²) in [6.07, 6.45) is -0.219. The lowest BCUT2D eigenvalue weighted by Crippen LogP contribution is -2.50. The van der Waals surface area contributed by atoms with Crippen LogP contribution in [-0.4, -0.2) is 75.3 Å². The Morgan fingerprint density at radius 1 is 1.36 bits per heavy atom. The van der Waals surface area contributed by atoms with Gasteiger partial charge in [0.2, 0.25) is 10.0 Å². The van der Waals surface area contributed by atoms with E-state index in [9.17, 15) is 12.8 Å². The van der Waals surface area contributed by atoms with Crippen LogP contribution in [0.5, 0.6) is 0 Å². The largest absolute Gasteiger partial charge is 0.373 e. The van der Waals surface area contributed by atoms with Crippen LogP contribution in [0.15, 0.2) is 29.3 Å². The summed E-state index contributed by atoms with van der Waals surface area (Å²) in [5.74, 6) is 0.237. The number of benzene rings is 1. The van der Waals surface area contributed by atoms with Gasteiger partial charge in [0.1, 0.15) is 5.82 Å². The van der Waals surface area contributed by atoms with Crippen LogP contribution in [0, 0.1) is 5.82 Å². The zero-order valence-electron chi connectivity index (χ0n) is 16.8. The molecule has 2 atom stereocenters. The van der Waals surface area contributed by atoms with Crippen LogP contribution in [0.25, 0.3) is 0 Å². The maximum atomic E-state index is 13.3. The number of hydrogen-bond acceptors (Lipinski definition) is 4. The molecule has 1 aromatic carbocycles. The fourth-order valence-electron chi connectivity index (χ4n) is 3.15. The van der Waals surface area contributed by atoms with Gasteiger partial charge in [0.25, 0.3) is 0 Å². The molecule has 0 spiro atoms. The summed E-state index contributed by atoms with van der Waals surface area (Å²) in [6.45, 7) is 5.20. The van der Waals surface area contributed by atoms with E-state index in [0.717, 1.165) is 5.56 Å². The van der Waals surface area contributed by atoms with Crippen LogP contribution in [-0.2, 0) is 21.3 Å². The molecule has 1 saturated heterocycles. The quantitative estimate of drug-likeness (QED) is 0.347. The minimum Gasteiger partial charge on any atom is -0.373 e. The van der Waals surface area contributed by atoms with Crippen LogP contribution in [0.2, 0.25) is 0 Å². The predicted octanol–water partition coefficient (Wildman–Crippen LogP) is 1.89.